The van der Waals surface area contributed by atoms with E-state index in [1.54, 1.807) is 46.6 Å². The summed E-state index contributed by atoms with van der Waals surface area (Å²) in [6.07, 6.45) is 7.21. The molecule has 0 unspecified atom stereocenters. The second-order valence-corrected chi connectivity index (χ2v) is 6.56. The van der Waals surface area contributed by atoms with E-state index < -0.39 is 11.9 Å². The number of terminal acetylenes is 1. The third kappa shape index (κ3) is 3.83. The van der Waals surface area contributed by atoms with Crippen molar-refractivity contribution in [3.8, 4) is 12.3 Å². The van der Waals surface area contributed by atoms with Crippen molar-refractivity contribution in [3.05, 3.63) is 46.5 Å². The Labute approximate surface area is 159 Å². The average molecular weight is 382 g/mol. The molecule has 0 aliphatic carbocycles. The standard InChI is InChI=1S/C19H18N4O3S/c1-4-10-23-15-8-7-13(18(25)26-6-3)12-16(15)27-19(23)20-17(24)14-9-11-22(5-2)21-14/h1,7-9,11-12H,5-6,10H2,2-3H3. The molecule has 2 heterocycles. The van der Waals surface area contributed by atoms with Gasteiger partial charge in [-0.3, -0.25) is 9.48 Å². The van der Waals surface area contributed by atoms with E-state index in [-0.39, 0.29) is 12.2 Å². The van der Waals surface area contributed by atoms with Gasteiger partial charge in [0, 0.05) is 12.7 Å². The van der Waals surface area contributed by atoms with Crippen LogP contribution in [0.25, 0.3) is 10.2 Å². The van der Waals surface area contributed by atoms with Gasteiger partial charge >= 0.3 is 5.97 Å². The van der Waals surface area contributed by atoms with Crippen LogP contribution in [-0.2, 0) is 17.8 Å². The maximum absolute atomic E-state index is 12.5. The molecule has 8 heteroatoms. The molecule has 0 bridgehead atoms. The van der Waals surface area contributed by atoms with Crippen molar-refractivity contribution in [1.82, 2.24) is 14.3 Å². The van der Waals surface area contributed by atoms with E-state index in [1.165, 1.54) is 11.3 Å². The first kappa shape index (κ1) is 18.6. The van der Waals surface area contributed by atoms with Gasteiger partial charge in [-0.15, -0.1) is 6.42 Å². The lowest BCUT2D eigenvalue weighted by atomic mass is 10.2. The summed E-state index contributed by atoms with van der Waals surface area (Å²) >= 11 is 1.29. The molecule has 0 fully saturated rings. The number of nitrogens with zero attached hydrogens (tertiary/aromatic N) is 4. The molecule has 0 radical (unpaired) electrons. The maximum Gasteiger partial charge on any atom is 0.338 e. The largest absolute Gasteiger partial charge is 0.462 e. The van der Waals surface area contributed by atoms with E-state index in [0.717, 1.165) is 10.2 Å². The second kappa shape index (κ2) is 8.01. The monoisotopic (exact) mass is 382 g/mol. The van der Waals surface area contributed by atoms with Gasteiger partial charge in [-0.05, 0) is 38.1 Å². The van der Waals surface area contributed by atoms with Crippen molar-refractivity contribution < 1.29 is 14.3 Å². The zero-order chi connectivity index (χ0) is 19.4. The summed E-state index contributed by atoms with van der Waals surface area (Å²) < 4.78 is 9.26. The van der Waals surface area contributed by atoms with Crippen molar-refractivity contribution in [2.75, 3.05) is 6.61 Å². The molecule has 138 valence electrons. The molecule has 1 aromatic carbocycles. The first-order valence-corrected chi connectivity index (χ1v) is 9.25. The van der Waals surface area contributed by atoms with Crippen molar-refractivity contribution >= 4 is 33.4 Å². The van der Waals surface area contributed by atoms with Gasteiger partial charge < -0.3 is 9.30 Å². The van der Waals surface area contributed by atoms with Crippen LogP contribution in [0.3, 0.4) is 0 Å². The smallest absolute Gasteiger partial charge is 0.338 e. The SMILES string of the molecule is C#CCn1c(=NC(=O)c2ccn(CC)n2)sc2cc(C(=O)OCC)ccc21. The third-order valence-corrected chi connectivity index (χ3v) is 4.87. The van der Waals surface area contributed by atoms with Crippen molar-refractivity contribution in [2.24, 2.45) is 4.99 Å². The number of esters is 1. The van der Waals surface area contributed by atoms with E-state index in [1.807, 2.05) is 6.92 Å². The predicted octanol–water partition coefficient (Wildman–Crippen LogP) is 2.47. The fourth-order valence-corrected chi connectivity index (χ4v) is 3.61. The minimum Gasteiger partial charge on any atom is -0.462 e. The summed E-state index contributed by atoms with van der Waals surface area (Å²) in [5.41, 5.74) is 1.52. The van der Waals surface area contributed by atoms with Crippen molar-refractivity contribution in [3.63, 3.8) is 0 Å². The van der Waals surface area contributed by atoms with Crippen molar-refractivity contribution in [1.29, 1.82) is 0 Å². The molecule has 0 spiro atoms. The number of hydrogen-bond donors (Lipinski definition) is 0. The number of fused-ring (bicyclic) bond motifs is 1. The molecule has 27 heavy (non-hydrogen) atoms. The number of carbonyl (C=O) groups excluding carboxylic acids is 2. The van der Waals surface area contributed by atoms with Crippen LogP contribution in [0.15, 0.2) is 35.5 Å². The highest BCUT2D eigenvalue weighted by atomic mass is 32.1. The molecular formula is C19H18N4O3S. The van der Waals surface area contributed by atoms with Crippen molar-refractivity contribution in [2.45, 2.75) is 26.9 Å². The molecule has 2 aromatic heterocycles. The van der Waals surface area contributed by atoms with Gasteiger partial charge in [-0.2, -0.15) is 10.1 Å². The Hall–Kier alpha value is -3.18. The highest BCUT2D eigenvalue weighted by Gasteiger charge is 2.13. The van der Waals surface area contributed by atoms with Gasteiger partial charge in [-0.25, -0.2) is 4.79 Å². The predicted molar refractivity (Wildman–Crippen MR) is 102 cm³/mol. The molecule has 7 nitrogen and oxygen atoms in total. The fourth-order valence-electron chi connectivity index (χ4n) is 2.54. The van der Waals surface area contributed by atoms with E-state index in [2.05, 4.69) is 16.0 Å². The average Bonchev–Trinajstić information content (AvgIpc) is 3.27. The summed E-state index contributed by atoms with van der Waals surface area (Å²) in [6.45, 7) is 4.92. The summed E-state index contributed by atoms with van der Waals surface area (Å²) in [6, 6.07) is 6.81. The first-order valence-electron chi connectivity index (χ1n) is 8.43. The number of hydrogen-bond acceptors (Lipinski definition) is 5. The molecule has 0 aliphatic rings. The Morgan fingerprint density at radius 2 is 2.15 bits per heavy atom. The fraction of sp³-hybridized carbons (Fsp3) is 0.263. The van der Waals surface area contributed by atoms with Gasteiger partial charge in [0.05, 0.1) is 28.9 Å². The van der Waals surface area contributed by atoms with Crippen LogP contribution in [-0.4, -0.2) is 32.8 Å². The number of benzene rings is 1. The number of amides is 1. The number of aryl methyl sites for hydroxylation is 1. The molecule has 3 aromatic rings. The minimum atomic E-state index is -0.440. The molecule has 1 amide bonds. The summed E-state index contributed by atoms with van der Waals surface area (Å²) in [7, 11) is 0. The number of carbonyl (C=O) groups is 2. The van der Waals surface area contributed by atoms with E-state index in [0.29, 0.717) is 23.5 Å². The third-order valence-electron chi connectivity index (χ3n) is 3.82. The molecule has 0 saturated heterocycles. The minimum absolute atomic E-state index is 0.258. The number of thiazole rings is 1. The lowest BCUT2D eigenvalue weighted by molar-refractivity contribution is 0.0526. The Bertz CT molecular complexity index is 1110. The van der Waals surface area contributed by atoms with Crippen LogP contribution >= 0.6 is 11.3 Å². The van der Waals surface area contributed by atoms with Gasteiger partial charge in [0.25, 0.3) is 5.91 Å². The Morgan fingerprint density at radius 3 is 2.81 bits per heavy atom. The summed E-state index contributed by atoms with van der Waals surface area (Å²) in [4.78, 5) is 29.1. The number of rotatable bonds is 5. The highest BCUT2D eigenvalue weighted by molar-refractivity contribution is 7.16. The van der Waals surface area contributed by atoms with Crippen LogP contribution in [0, 0.1) is 12.3 Å². The van der Waals surface area contributed by atoms with E-state index in [4.69, 9.17) is 11.2 Å². The second-order valence-electron chi connectivity index (χ2n) is 5.55. The molecule has 0 N–H and O–H groups in total. The molecule has 0 atom stereocenters. The highest BCUT2D eigenvalue weighted by Crippen LogP contribution is 2.20. The van der Waals surface area contributed by atoms with E-state index >= 15 is 0 Å². The zero-order valence-corrected chi connectivity index (χ0v) is 15.8. The topological polar surface area (TPSA) is 78.5 Å². The van der Waals surface area contributed by atoms with E-state index in [9.17, 15) is 9.59 Å². The molecule has 0 saturated carbocycles. The van der Waals surface area contributed by atoms with Crippen LogP contribution in [0.4, 0.5) is 0 Å². The normalized spacial score (nSPS) is 11.5. The lowest BCUT2D eigenvalue weighted by Gasteiger charge is -2.03. The van der Waals surface area contributed by atoms with Crippen LogP contribution in [0.5, 0.6) is 0 Å². The Balaban J connectivity index is 2.08. The first-order chi connectivity index (χ1) is 13.1. The van der Waals surface area contributed by atoms with Crippen LogP contribution < -0.4 is 4.80 Å². The summed E-state index contributed by atoms with van der Waals surface area (Å²) in [5, 5.41) is 4.18. The zero-order valence-electron chi connectivity index (χ0n) is 15.0. The van der Waals surface area contributed by atoms with Gasteiger partial charge in [0.1, 0.15) is 0 Å². The molecule has 3 rings (SSSR count). The van der Waals surface area contributed by atoms with Crippen LogP contribution in [0.2, 0.25) is 0 Å². The Kier molecular flexibility index (Phi) is 5.52. The number of aromatic nitrogens is 3. The molecular weight excluding hydrogens is 364 g/mol. The Morgan fingerprint density at radius 1 is 1.33 bits per heavy atom. The quantitative estimate of drug-likeness (QED) is 0.502. The van der Waals surface area contributed by atoms with Crippen LogP contribution in [0.1, 0.15) is 34.7 Å². The summed E-state index contributed by atoms with van der Waals surface area (Å²) in [5.74, 6) is 1.74. The molecule has 0 aliphatic heterocycles. The number of ether oxygens (including phenoxy) is 1. The maximum atomic E-state index is 12.5. The van der Waals surface area contributed by atoms with Gasteiger partial charge in [0.2, 0.25) is 0 Å². The van der Waals surface area contributed by atoms with Gasteiger partial charge in [-0.1, -0.05) is 17.3 Å². The lowest BCUT2D eigenvalue weighted by Crippen LogP contribution is -2.16. The van der Waals surface area contributed by atoms with Gasteiger partial charge in [0.15, 0.2) is 10.5 Å².